The van der Waals surface area contributed by atoms with Crippen molar-refractivity contribution in [2.75, 3.05) is 11.8 Å². The molecule has 0 saturated carbocycles. The molecule has 0 unspecified atom stereocenters. The summed E-state index contributed by atoms with van der Waals surface area (Å²) in [4.78, 5) is -0.170. The summed E-state index contributed by atoms with van der Waals surface area (Å²) in [7, 11) is -2.41. The van der Waals surface area contributed by atoms with Crippen LogP contribution in [0.25, 0.3) is 0 Å². The first-order valence-corrected chi connectivity index (χ1v) is 8.68. The molecule has 2 rings (SSSR count). The zero-order valence-corrected chi connectivity index (χ0v) is 14.6. The fraction of sp³-hybridized carbons (Fsp3) is 0.0769. The van der Waals surface area contributed by atoms with E-state index in [-0.39, 0.29) is 14.9 Å². The van der Waals surface area contributed by atoms with Crippen LogP contribution in [-0.2, 0) is 10.0 Å². The van der Waals surface area contributed by atoms with E-state index in [1.54, 1.807) is 24.3 Å². The van der Waals surface area contributed by atoms with Crippen molar-refractivity contribution in [3.63, 3.8) is 0 Å². The van der Waals surface area contributed by atoms with Gasteiger partial charge in [-0.3, -0.25) is 4.72 Å². The van der Waals surface area contributed by atoms with Gasteiger partial charge in [0.25, 0.3) is 10.0 Å². The Balaban J connectivity index is 2.43. The van der Waals surface area contributed by atoms with Gasteiger partial charge in [-0.15, -0.1) is 0 Å². The van der Waals surface area contributed by atoms with Crippen molar-refractivity contribution in [2.45, 2.75) is 4.90 Å². The minimum absolute atomic E-state index is 0.0322. The second-order valence-corrected chi connectivity index (χ2v) is 7.39. The van der Waals surface area contributed by atoms with Crippen LogP contribution in [0, 0.1) is 0 Å². The lowest BCUT2D eigenvalue weighted by Gasteiger charge is -2.12. The molecule has 0 radical (unpaired) electrons. The average Bonchev–Trinajstić information content (AvgIpc) is 2.36. The quantitative estimate of drug-likeness (QED) is 0.803. The van der Waals surface area contributed by atoms with E-state index in [1.807, 2.05) is 0 Å². The summed E-state index contributed by atoms with van der Waals surface area (Å²) >= 11 is 15.2. The molecule has 8 heteroatoms. The van der Waals surface area contributed by atoms with Crippen LogP contribution in [0.1, 0.15) is 0 Å². The Morgan fingerprint density at radius 2 is 1.76 bits per heavy atom. The molecule has 0 aliphatic carbocycles. The molecular weight excluding hydrogens is 401 g/mol. The van der Waals surface area contributed by atoms with Gasteiger partial charge >= 0.3 is 0 Å². The highest BCUT2D eigenvalue weighted by molar-refractivity contribution is 9.10. The summed E-state index contributed by atoms with van der Waals surface area (Å²) in [5.41, 5.74) is 0.351. The summed E-state index contributed by atoms with van der Waals surface area (Å²) in [6.07, 6.45) is 0. The van der Waals surface area contributed by atoms with Crippen molar-refractivity contribution in [3.05, 3.63) is 50.9 Å². The standard InChI is InChI=1S/C13H10BrCl2NO3S/c1-20-10-4-2-3-9(7-10)17-21(18,19)13-11(15)5-8(14)6-12(13)16/h2-7,17H,1H3. The Morgan fingerprint density at radius 3 is 2.33 bits per heavy atom. The number of anilines is 1. The van der Waals surface area contributed by atoms with E-state index in [0.29, 0.717) is 15.9 Å². The van der Waals surface area contributed by atoms with Crippen LogP contribution in [0.2, 0.25) is 10.0 Å². The molecule has 0 fully saturated rings. The Morgan fingerprint density at radius 1 is 1.14 bits per heavy atom. The van der Waals surface area contributed by atoms with Gasteiger partial charge in [-0.05, 0) is 24.3 Å². The van der Waals surface area contributed by atoms with Crippen molar-refractivity contribution >= 4 is 54.8 Å². The Hall–Kier alpha value is -0.950. The number of halogens is 3. The van der Waals surface area contributed by atoms with Gasteiger partial charge in [-0.25, -0.2) is 8.42 Å². The SMILES string of the molecule is COc1cccc(NS(=O)(=O)c2c(Cl)cc(Br)cc2Cl)c1. The highest BCUT2D eigenvalue weighted by Crippen LogP contribution is 2.34. The van der Waals surface area contributed by atoms with E-state index < -0.39 is 10.0 Å². The lowest BCUT2D eigenvalue weighted by molar-refractivity contribution is 0.415. The molecule has 112 valence electrons. The average molecular weight is 411 g/mol. The van der Waals surface area contributed by atoms with Crippen LogP contribution in [-0.4, -0.2) is 15.5 Å². The fourth-order valence-electron chi connectivity index (χ4n) is 1.68. The Labute approximate surface area is 141 Å². The predicted molar refractivity (Wildman–Crippen MR) is 88.0 cm³/mol. The van der Waals surface area contributed by atoms with E-state index in [2.05, 4.69) is 20.7 Å². The van der Waals surface area contributed by atoms with Crippen LogP contribution < -0.4 is 9.46 Å². The number of hydrogen-bond donors (Lipinski definition) is 1. The maximum atomic E-state index is 12.4. The lowest BCUT2D eigenvalue weighted by Crippen LogP contribution is -2.14. The lowest BCUT2D eigenvalue weighted by atomic mass is 10.3. The second-order valence-electron chi connectivity index (χ2n) is 4.04. The molecule has 21 heavy (non-hydrogen) atoms. The van der Waals surface area contributed by atoms with Crippen molar-refractivity contribution in [2.24, 2.45) is 0 Å². The summed E-state index contributed by atoms with van der Waals surface area (Å²) in [6, 6.07) is 9.46. The molecule has 0 bridgehead atoms. The summed E-state index contributed by atoms with van der Waals surface area (Å²) in [6.45, 7) is 0. The Kier molecular flexibility index (Phi) is 5.03. The number of hydrogen-bond acceptors (Lipinski definition) is 3. The molecule has 2 aromatic carbocycles. The van der Waals surface area contributed by atoms with Gasteiger partial charge in [0.15, 0.2) is 0 Å². The fourth-order valence-corrected chi connectivity index (χ4v) is 4.67. The van der Waals surface area contributed by atoms with Crippen molar-refractivity contribution in [3.8, 4) is 5.75 Å². The van der Waals surface area contributed by atoms with Crippen LogP contribution in [0.3, 0.4) is 0 Å². The van der Waals surface area contributed by atoms with E-state index in [0.717, 1.165) is 0 Å². The third-order valence-corrected chi connectivity index (χ3v) is 5.31. The van der Waals surface area contributed by atoms with E-state index in [9.17, 15) is 8.42 Å². The molecule has 0 aliphatic rings. The number of benzene rings is 2. The summed E-state index contributed by atoms with van der Waals surface area (Å²) < 4.78 is 32.9. The predicted octanol–water partition coefficient (Wildman–Crippen LogP) is 4.57. The highest BCUT2D eigenvalue weighted by Gasteiger charge is 2.22. The Bertz CT molecular complexity index is 758. The number of methoxy groups -OCH3 is 1. The molecule has 0 aliphatic heterocycles. The number of ether oxygens (including phenoxy) is 1. The molecule has 1 N–H and O–H groups in total. The first kappa shape index (κ1) is 16.4. The minimum atomic E-state index is -3.91. The monoisotopic (exact) mass is 409 g/mol. The van der Waals surface area contributed by atoms with Crippen LogP contribution in [0.4, 0.5) is 5.69 Å². The van der Waals surface area contributed by atoms with Gasteiger partial charge in [0.1, 0.15) is 10.6 Å². The van der Waals surface area contributed by atoms with Gasteiger partial charge in [0, 0.05) is 10.5 Å². The van der Waals surface area contributed by atoms with Crippen molar-refractivity contribution in [1.29, 1.82) is 0 Å². The molecule has 0 heterocycles. The summed E-state index contributed by atoms with van der Waals surface area (Å²) in [5, 5.41) is 0.0644. The maximum absolute atomic E-state index is 12.4. The third-order valence-electron chi connectivity index (χ3n) is 2.55. The highest BCUT2D eigenvalue weighted by atomic mass is 79.9. The first-order valence-electron chi connectivity index (χ1n) is 5.65. The molecule has 0 spiro atoms. The van der Waals surface area contributed by atoms with Gasteiger partial charge in [0.05, 0.1) is 22.8 Å². The second kappa shape index (κ2) is 6.44. The van der Waals surface area contributed by atoms with E-state index in [4.69, 9.17) is 27.9 Å². The van der Waals surface area contributed by atoms with Gasteiger partial charge in [-0.2, -0.15) is 0 Å². The minimum Gasteiger partial charge on any atom is -0.497 e. The largest absolute Gasteiger partial charge is 0.497 e. The molecule has 0 amide bonds. The van der Waals surface area contributed by atoms with Crippen molar-refractivity contribution in [1.82, 2.24) is 0 Å². The molecule has 0 saturated heterocycles. The summed E-state index contributed by atoms with van der Waals surface area (Å²) in [5.74, 6) is 0.531. The van der Waals surface area contributed by atoms with Gasteiger partial charge in [0.2, 0.25) is 0 Å². The number of sulfonamides is 1. The maximum Gasteiger partial charge on any atom is 0.264 e. The topological polar surface area (TPSA) is 55.4 Å². The molecule has 0 aromatic heterocycles. The molecule has 2 aromatic rings. The van der Waals surface area contributed by atoms with Crippen LogP contribution in [0.15, 0.2) is 45.8 Å². The van der Waals surface area contributed by atoms with E-state index >= 15 is 0 Å². The number of rotatable bonds is 4. The molecular formula is C13H10BrCl2NO3S. The smallest absolute Gasteiger partial charge is 0.264 e. The van der Waals surface area contributed by atoms with Gasteiger partial charge < -0.3 is 4.74 Å². The zero-order valence-electron chi connectivity index (χ0n) is 10.7. The third kappa shape index (κ3) is 3.83. The zero-order chi connectivity index (χ0) is 15.6. The first-order chi connectivity index (χ1) is 9.83. The van der Waals surface area contributed by atoms with Gasteiger partial charge in [-0.1, -0.05) is 45.2 Å². The molecule has 4 nitrogen and oxygen atoms in total. The van der Waals surface area contributed by atoms with E-state index in [1.165, 1.54) is 19.2 Å². The molecule has 0 atom stereocenters. The van der Waals surface area contributed by atoms with Crippen molar-refractivity contribution < 1.29 is 13.2 Å². The van der Waals surface area contributed by atoms with Crippen LogP contribution in [0.5, 0.6) is 5.75 Å². The van der Waals surface area contributed by atoms with Crippen LogP contribution >= 0.6 is 39.1 Å². The number of nitrogens with one attached hydrogen (secondary N) is 1. The normalized spacial score (nSPS) is 11.2.